The second-order valence-corrected chi connectivity index (χ2v) is 8.03. The summed E-state index contributed by atoms with van der Waals surface area (Å²) in [6.07, 6.45) is 1.61. The maximum atomic E-state index is 12.8. The molecule has 0 radical (unpaired) electrons. The van der Waals surface area contributed by atoms with Crippen molar-refractivity contribution in [1.29, 1.82) is 0 Å². The highest BCUT2D eigenvalue weighted by Gasteiger charge is 2.21. The number of hydrogen-bond donors (Lipinski definition) is 1. The highest BCUT2D eigenvalue weighted by Crippen LogP contribution is 2.24. The third-order valence-electron chi connectivity index (χ3n) is 4.59. The lowest BCUT2D eigenvalue weighted by Crippen LogP contribution is -2.23. The Hall–Kier alpha value is -2.64. The molecule has 3 aromatic rings. The minimum atomic E-state index is -0.215. The van der Waals surface area contributed by atoms with Gasteiger partial charge in [0, 0.05) is 22.8 Å². The van der Waals surface area contributed by atoms with Gasteiger partial charge in [-0.05, 0) is 44.5 Å². The number of fused-ring (bicyclic) bond motifs is 1. The van der Waals surface area contributed by atoms with E-state index in [4.69, 9.17) is 11.6 Å². The van der Waals surface area contributed by atoms with Gasteiger partial charge in [0.15, 0.2) is 16.7 Å². The standard InChI is InChI=1S/C21H20ClN3O3S/c1-5-8-25-20(28)15-7-6-14(22)9-16(15)24-21(25)29-10-17(27)19-11(2)18(13(4)26)12(3)23-19/h5-7,9,23H,1,8,10H2,2-4H3. The number of aromatic nitrogens is 3. The van der Waals surface area contributed by atoms with Crippen molar-refractivity contribution in [2.24, 2.45) is 0 Å². The van der Waals surface area contributed by atoms with E-state index in [0.717, 1.165) is 11.8 Å². The van der Waals surface area contributed by atoms with Crippen LogP contribution in [0.25, 0.3) is 10.9 Å². The molecule has 0 fully saturated rings. The second kappa shape index (κ2) is 8.39. The van der Waals surface area contributed by atoms with Crippen LogP contribution in [0.3, 0.4) is 0 Å². The number of rotatable bonds is 7. The van der Waals surface area contributed by atoms with Gasteiger partial charge in [0.1, 0.15) is 0 Å². The van der Waals surface area contributed by atoms with Crippen molar-refractivity contribution in [2.45, 2.75) is 32.5 Å². The summed E-state index contributed by atoms with van der Waals surface area (Å²) in [5.41, 5.74) is 2.52. The highest BCUT2D eigenvalue weighted by atomic mass is 35.5. The molecule has 2 aromatic heterocycles. The normalized spacial score (nSPS) is 11.0. The quantitative estimate of drug-likeness (QED) is 0.261. The van der Waals surface area contributed by atoms with Gasteiger partial charge < -0.3 is 4.98 Å². The SMILES string of the molecule is C=CCn1c(SCC(=O)c2[nH]c(C)c(C(C)=O)c2C)nc2cc(Cl)ccc2c1=O. The minimum Gasteiger partial charge on any atom is -0.355 e. The first-order valence-electron chi connectivity index (χ1n) is 8.91. The van der Waals surface area contributed by atoms with Crippen LogP contribution in [-0.4, -0.2) is 31.9 Å². The van der Waals surface area contributed by atoms with E-state index < -0.39 is 0 Å². The van der Waals surface area contributed by atoms with Crippen molar-refractivity contribution in [3.05, 3.63) is 68.7 Å². The number of hydrogen-bond acceptors (Lipinski definition) is 5. The number of aryl methyl sites for hydroxylation is 1. The Balaban J connectivity index is 1.96. The number of thioether (sulfide) groups is 1. The first-order valence-corrected chi connectivity index (χ1v) is 10.3. The van der Waals surface area contributed by atoms with E-state index in [1.165, 1.54) is 11.5 Å². The van der Waals surface area contributed by atoms with E-state index in [1.54, 1.807) is 38.1 Å². The zero-order chi connectivity index (χ0) is 21.3. The Labute approximate surface area is 177 Å². The number of halogens is 1. The molecule has 1 aromatic carbocycles. The highest BCUT2D eigenvalue weighted by molar-refractivity contribution is 7.99. The third-order valence-corrected chi connectivity index (χ3v) is 5.81. The zero-order valence-electron chi connectivity index (χ0n) is 16.3. The monoisotopic (exact) mass is 429 g/mol. The number of benzene rings is 1. The molecular formula is C21H20ClN3O3S. The van der Waals surface area contributed by atoms with E-state index >= 15 is 0 Å². The van der Waals surface area contributed by atoms with Gasteiger partial charge in [-0.15, -0.1) is 6.58 Å². The molecule has 150 valence electrons. The fraction of sp³-hybridized carbons (Fsp3) is 0.238. The number of Topliss-reactive ketones (excluding diaryl/α,β-unsaturated/α-hetero) is 2. The van der Waals surface area contributed by atoms with Gasteiger partial charge in [0.05, 0.1) is 22.3 Å². The zero-order valence-corrected chi connectivity index (χ0v) is 17.9. The van der Waals surface area contributed by atoms with Crippen molar-refractivity contribution in [2.75, 3.05) is 5.75 Å². The number of allylic oxidation sites excluding steroid dienone is 1. The summed E-state index contributed by atoms with van der Waals surface area (Å²) in [6, 6.07) is 4.91. The van der Waals surface area contributed by atoms with E-state index in [9.17, 15) is 14.4 Å². The molecule has 0 atom stereocenters. The van der Waals surface area contributed by atoms with Crippen LogP contribution in [0.4, 0.5) is 0 Å². The maximum Gasteiger partial charge on any atom is 0.262 e. The van der Waals surface area contributed by atoms with Crippen LogP contribution in [0.2, 0.25) is 5.02 Å². The van der Waals surface area contributed by atoms with Gasteiger partial charge in [0.2, 0.25) is 0 Å². The molecule has 2 heterocycles. The number of ketones is 2. The maximum absolute atomic E-state index is 12.8. The van der Waals surface area contributed by atoms with Crippen molar-refractivity contribution in [1.82, 2.24) is 14.5 Å². The number of H-pyrrole nitrogens is 1. The fourth-order valence-corrected chi connectivity index (χ4v) is 4.38. The van der Waals surface area contributed by atoms with Gasteiger partial charge in [-0.3, -0.25) is 19.0 Å². The number of carbonyl (C=O) groups is 2. The average Bonchev–Trinajstić information content (AvgIpc) is 2.96. The molecular weight excluding hydrogens is 410 g/mol. The fourth-order valence-electron chi connectivity index (χ4n) is 3.33. The topological polar surface area (TPSA) is 84.8 Å². The second-order valence-electron chi connectivity index (χ2n) is 6.65. The molecule has 29 heavy (non-hydrogen) atoms. The lowest BCUT2D eigenvalue weighted by atomic mass is 10.1. The molecule has 0 unspecified atom stereocenters. The Morgan fingerprint density at radius 2 is 2.07 bits per heavy atom. The van der Waals surface area contributed by atoms with Crippen molar-refractivity contribution >= 4 is 45.8 Å². The van der Waals surface area contributed by atoms with E-state index in [0.29, 0.717) is 43.6 Å². The summed E-state index contributed by atoms with van der Waals surface area (Å²) in [4.78, 5) is 45.0. The number of carbonyl (C=O) groups excluding carboxylic acids is 2. The lowest BCUT2D eigenvalue weighted by molar-refractivity contribution is 0.101. The van der Waals surface area contributed by atoms with Gasteiger partial charge in [-0.25, -0.2) is 4.98 Å². The molecule has 6 nitrogen and oxygen atoms in total. The first kappa shape index (κ1) is 21.1. The van der Waals surface area contributed by atoms with Crippen LogP contribution in [0.5, 0.6) is 0 Å². The van der Waals surface area contributed by atoms with Crippen LogP contribution in [0, 0.1) is 13.8 Å². The molecule has 0 aliphatic heterocycles. The van der Waals surface area contributed by atoms with Crippen LogP contribution in [-0.2, 0) is 6.54 Å². The largest absolute Gasteiger partial charge is 0.355 e. The molecule has 3 rings (SSSR count). The van der Waals surface area contributed by atoms with Crippen molar-refractivity contribution in [3.63, 3.8) is 0 Å². The smallest absolute Gasteiger partial charge is 0.262 e. The molecule has 0 spiro atoms. The van der Waals surface area contributed by atoms with Gasteiger partial charge in [0.25, 0.3) is 5.56 Å². The lowest BCUT2D eigenvalue weighted by Gasteiger charge is -2.11. The summed E-state index contributed by atoms with van der Waals surface area (Å²) in [7, 11) is 0. The van der Waals surface area contributed by atoms with Crippen molar-refractivity contribution < 1.29 is 9.59 Å². The third kappa shape index (κ3) is 4.06. The Bertz CT molecular complexity index is 1210. The Morgan fingerprint density at radius 3 is 2.69 bits per heavy atom. The van der Waals surface area contributed by atoms with Crippen LogP contribution < -0.4 is 5.56 Å². The summed E-state index contributed by atoms with van der Waals surface area (Å²) < 4.78 is 1.48. The molecule has 0 amide bonds. The number of nitrogens with one attached hydrogen (secondary N) is 1. The molecule has 8 heteroatoms. The van der Waals surface area contributed by atoms with E-state index in [2.05, 4.69) is 16.5 Å². The molecule has 1 N–H and O–H groups in total. The summed E-state index contributed by atoms with van der Waals surface area (Å²) in [5, 5.41) is 1.34. The van der Waals surface area contributed by atoms with E-state index in [1.807, 2.05) is 0 Å². The predicted octanol–water partition coefficient (Wildman–Crippen LogP) is 4.36. The molecule has 0 bridgehead atoms. The van der Waals surface area contributed by atoms with Crippen LogP contribution >= 0.6 is 23.4 Å². The number of nitrogens with zero attached hydrogens (tertiary/aromatic N) is 2. The Morgan fingerprint density at radius 1 is 1.34 bits per heavy atom. The minimum absolute atomic E-state index is 0.0633. The molecule has 0 saturated carbocycles. The summed E-state index contributed by atoms with van der Waals surface area (Å²) >= 11 is 7.20. The molecule has 0 aliphatic rings. The van der Waals surface area contributed by atoms with Crippen molar-refractivity contribution in [3.8, 4) is 0 Å². The summed E-state index contributed by atoms with van der Waals surface area (Å²) in [5.74, 6) is -0.196. The Kier molecular flexibility index (Phi) is 6.10. The predicted molar refractivity (Wildman–Crippen MR) is 117 cm³/mol. The average molecular weight is 430 g/mol. The molecule has 0 saturated heterocycles. The summed E-state index contributed by atoms with van der Waals surface area (Å²) in [6.45, 7) is 8.96. The molecule has 0 aliphatic carbocycles. The van der Waals surface area contributed by atoms with Crippen LogP contribution in [0.1, 0.15) is 39.0 Å². The van der Waals surface area contributed by atoms with E-state index in [-0.39, 0.29) is 29.4 Å². The van der Waals surface area contributed by atoms with Crippen LogP contribution in [0.15, 0.2) is 40.8 Å². The van der Waals surface area contributed by atoms with Gasteiger partial charge in [-0.2, -0.15) is 0 Å². The van der Waals surface area contributed by atoms with Gasteiger partial charge in [-0.1, -0.05) is 29.4 Å². The first-order chi connectivity index (χ1) is 13.7. The number of aromatic amines is 1. The van der Waals surface area contributed by atoms with Gasteiger partial charge >= 0.3 is 0 Å².